The van der Waals surface area contributed by atoms with E-state index in [4.69, 9.17) is 11.0 Å². The van der Waals surface area contributed by atoms with Crippen LogP contribution < -0.4 is 10.6 Å². The van der Waals surface area contributed by atoms with Gasteiger partial charge >= 0.3 is 0 Å². The predicted octanol–water partition coefficient (Wildman–Crippen LogP) is 1.07. The van der Waals surface area contributed by atoms with Crippen molar-refractivity contribution in [2.75, 3.05) is 37.8 Å². The van der Waals surface area contributed by atoms with Gasteiger partial charge in [-0.2, -0.15) is 5.26 Å². The maximum atomic E-state index is 8.99. The zero-order valence-electron chi connectivity index (χ0n) is 10.9. The van der Waals surface area contributed by atoms with E-state index in [-0.39, 0.29) is 0 Å². The van der Waals surface area contributed by atoms with Gasteiger partial charge in [-0.25, -0.2) is 4.98 Å². The summed E-state index contributed by atoms with van der Waals surface area (Å²) < 4.78 is 0. The lowest BCUT2D eigenvalue weighted by atomic mass is 10.0. The van der Waals surface area contributed by atoms with Gasteiger partial charge in [0.15, 0.2) is 5.82 Å². The van der Waals surface area contributed by atoms with E-state index in [2.05, 4.69) is 27.9 Å². The normalized spacial score (nSPS) is 17.4. The smallest absolute Gasteiger partial charge is 0.153 e. The maximum absolute atomic E-state index is 8.99. The molecule has 1 saturated heterocycles. The summed E-state index contributed by atoms with van der Waals surface area (Å²) in [4.78, 5) is 8.76. The third-order valence-corrected chi connectivity index (χ3v) is 3.66. The van der Waals surface area contributed by atoms with Gasteiger partial charge < -0.3 is 15.5 Å². The second-order valence-electron chi connectivity index (χ2n) is 4.85. The molecular formula is C13H19N5. The van der Waals surface area contributed by atoms with E-state index in [0.29, 0.717) is 17.3 Å². The topological polar surface area (TPSA) is 69.2 Å². The van der Waals surface area contributed by atoms with Crippen molar-refractivity contribution in [2.24, 2.45) is 0 Å². The fourth-order valence-electron chi connectivity index (χ4n) is 2.40. The molecule has 0 bridgehead atoms. The third kappa shape index (κ3) is 2.39. The quantitative estimate of drug-likeness (QED) is 0.844. The van der Waals surface area contributed by atoms with Crippen LogP contribution in [0.4, 0.5) is 11.5 Å². The molecule has 2 heterocycles. The van der Waals surface area contributed by atoms with Crippen LogP contribution in [0.3, 0.4) is 0 Å². The molecule has 0 spiro atoms. The summed E-state index contributed by atoms with van der Waals surface area (Å²) in [5, 5.41) is 8.99. The summed E-state index contributed by atoms with van der Waals surface area (Å²) in [7, 11) is 4.15. The third-order valence-electron chi connectivity index (χ3n) is 3.66. The highest BCUT2D eigenvalue weighted by atomic mass is 15.2. The Morgan fingerprint density at radius 2 is 2.17 bits per heavy atom. The van der Waals surface area contributed by atoms with E-state index in [1.165, 1.54) is 0 Å². The SMILES string of the molecule is CN1CCC(N(C)c2nccc(C#N)c2N)CC1. The highest BCUT2D eigenvalue weighted by molar-refractivity contribution is 5.70. The molecule has 96 valence electrons. The van der Waals surface area contributed by atoms with Crippen molar-refractivity contribution in [1.29, 1.82) is 5.26 Å². The Labute approximate surface area is 108 Å². The fourth-order valence-corrected chi connectivity index (χ4v) is 2.40. The van der Waals surface area contributed by atoms with Crippen LogP contribution in [0, 0.1) is 11.3 Å². The lowest BCUT2D eigenvalue weighted by Crippen LogP contribution is -2.42. The van der Waals surface area contributed by atoms with E-state index >= 15 is 0 Å². The van der Waals surface area contributed by atoms with Crippen molar-refractivity contribution >= 4 is 11.5 Å². The number of nitrogens with zero attached hydrogens (tertiary/aromatic N) is 4. The van der Waals surface area contributed by atoms with Gasteiger partial charge in [-0.3, -0.25) is 0 Å². The van der Waals surface area contributed by atoms with E-state index in [9.17, 15) is 0 Å². The average Bonchev–Trinajstić information content (AvgIpc) is 2.39. The van der Waals surface area contributed by atoms with Crippen molar-refractivity contribution in [3.8, 4) is 6.07 Å². The number of pyridine rings is 1. The summed E-state index contributed by atoms with van der Waals surface area (Å²) in [6, 6.07) is 4.20. The number of hydrogen-bond acceptors (Lipinski definition) is 5. The Morgan fingerprint density at radius 3 is 2.78 bits per heavy atom. The zero-order chi connectivity index (χ0) is 13.1. The minimum Gasteiger partial charge on any atom is -0.395 e. The minimum absolute atomic E-state index is 0.449. The van der Waals surface area contributed by atoms with Gasteiger partial charge in [0.1, 0.15) is 6.07 Å². The molecule has 0 radical (unpaired) electrons. The number of nitrogen functional groups attached to an aromatic ring is 1. The first kappa shape index (κ1) is 12.7. The molecule has 0 atom stereocenters. The van der Waals surface area contributed by atoms with Crippen LogP contribution >= 0.6 is 0 Å². The fraction of sp³-hybridized carbons (Fsp3) is 0.538. The Balaban J connectivity index is 2.19. The number of likely N-dealkylation sites (tertiary alicyclic amines) is 1. The number of nitriles is 1. The molecule has 1 aliphatic heterocycles. The highest BCUT2D eigenvalue weighted by Gasteiger charge is 2.23. The van der Waals surface area contributed by atoms with Gasteiger partial charge in [0.25, 0.3) is 0 Å². The Hall–Kier alpha value is -1.80. The molecule has 18 heavy (non-hydrogen) atoms. The van der Waals surface area contributed by atoms with Gasteiger partial charge in [-0.15, -0.1) is 0 Å². The van der Waals surface area contributed by atoms with Gasteiger partial charge in [0, 0.05) is 19.3 Å². The molecule has 0 saturated carbocycles. The molecule has 1 fully saturated rings. The van der Waals surface area contributed by atoms with Crippen LogP contribution in [0.15, 0.2) is 12.3 Å². The van der Waals surface area contributed by atoms with Gasteiger partial charge in [-0.05, 0) is 39.0 Å². The molecular weight excluding hydrogens is 226 g/mol. The van der Waals surface area contributed by atoms with E-state index in [1.807, 2.05) is 7.05 Å². The van der Waals surface area contributed by atoms with E-state index in [1.54, 1.807) is 12.3 Å². The van der Waals surface area contributed by atoms with Crippen LogP contribution in [0.2, 0.25) is 0 Å². The van der Waals surface area contributed by atoms with Crippen molar-refractivity contribution in [2.45, 2.75) is 18.9 Å². The standard InChI is InChI=1S/C13H19N5/c1-17-7-4-11(5-8-17)18(2)13-12(15)10(9-14)3-6-16-13/h3,6,11H,4-5,7-8,15H2,1-2H3. The lowest BCUT2D eigenvalue weighted by molar-refractivity contribution is 0.252. The molecule has 1 aromatic heterocycles. The van der Waals surface area contributed by atoms with Crippen LogP contribution in [0.5, 0.6) is 0 Å². The monoisotopic (exact) mass is 245 g/mol. The number of hydrogen-bond donors (Lipinski definition) is 1. The van der Waals surface area contributed by atoms with Crippen molar-refractivity contribution in [1.82, 2.24) is 9.88 Å². The zero-order valence-corrected chi connectivity index (χ0v) is 10.9. The number of aromatic nitrogens is 1. The first-order valence-corrected chi connectivity index (χ1v) is 6.19. The Kier molecular flexibility index (Phi) is 3.68. The predicted molar refractivity (Wildman–Crippen MR) is 72.3 cm³/mol. The van der Waals surface area contributed by atoms with Crippen molar-refractivity contribution in [3.05, 3.63) is 17.8 Å². The molecule has 0 aliphatic carbocycles. The summed E-state index contributed by atoms with van der Waals surface area (Å²) in [6.45, 7) is 2.18. The van der Waals surface area contributed by atoms with Crippen molar-refractivity contribution < 1.29 is 0 Å². The molecule has 5 nitrogen and oxygen atoms in total. The Morgan fingerprint density at radius 1 is 1.50 bits per heavy atom. The van der Waals surface area contributed by atoms with Gasteiger partial charge in [0.2, 0.25) is 0 Å². The lowest BCUT2D eigenvalue weighted by Gasteiger charge is -2.36. The van der Waals surface area contributed by atoms with E-state index in [0.717, 1.165) is 31.7 Å². The molecule has 1 aromatic rings. The summed E-state index contributed by atoms with van der Waals surface area (Å²) in [5.74, 6) is 0.726. The second-order valence-corrected chi connectivity index (χ2v) is 4.85. The molecule has 5 heteroatoms. The number of piperidine rings is 1. The molecule has 0 unspecified atom stereocenters. The highest BCUT2D eigenvalue weighted by Crippen LogP contribution is 2.26. The summed E-state index contributed by atoms with van der Waals surface area (Å²) in [6.07, 6.45) is 3.85. The molecule has 1 aliphatic rings. The van der Waals surface area contributed by atoms with Crippen molar-refractivity contribution in [3.63, 3.8) is 0 Å². The number of rotatable bonds is 2. The minimum atomic E-state index is 0.449. The van der Waals surface area contributed by atoms with Crippen LogP contribution in [-0.2, 0) is 0 Å². The molecule has 2 N–H and O–H groups in total. The summed E-state index contributed by atoms with van der Waals surface area (Å²) in [5.41, 5.74) is 6.98. The Bertz CT molecular complexity index is 457. The second kappa shape index (κ2) is 5.23. The summed E-state index contributed by atoms with van der Waals surface area (Å²) >= 11 is 0. The van der Waals surface area contributed by atoms with Crippen LogP contribution in [0.25, 0.3) is 0 Å². The number of anilines is 2. The van der Waals surface area contributed by atoms with Gasteiger partial charge in [0.05, 0.1) is 11.3 Å². The maximum Gasteiger partial charge on any atom is 0.153 e. The number of nitrogens with two attached hydrogens (primary N) is 1. The van der Waals surface area contributed by atoms with E-state index < -0.39 is 0 Å². The average molecular weight is 245 g/mol. The first-order valence-electron chi connectivity index (χ1n) is 6.19. The largest absolute Gasteiger partial charge is 0.395 e. The first-order chi connectivity index (χ1) is 8.63. The van der Waals surface area contributed by atoms with Gasteiger partial charge in [-0.1, -0.05) is 0 Å². The van der Waals surface area contributed by atoms with Crippen LogP contribution in [-0.4, -0.2) is 43.1 Å². The van der Waals surface area contributed by atoms with Crippen LogP contribution in [0.1, 0.15) is 18.4 Å². The molecule has 0 aromatic carbocycles. The molecule has 0 amide bonds. The molecule has 2 rings (SSSR count).